The number of carbonyl (C=O) groups is 1. The van der Waals surface area contributed by atoms with Crippen LogP contribution < -0.4 is 20.1 Å². The van der Waals surface area contributed by atoms with Crippen LogP contribution in [0.4, 0.5) is 9.93 Å². The molecule has 0 fully saturated rings. The number of methoxy groups -OCH3 is 2. The summed E-state index contributed by atoms with van der Waals surface area (Å²) in [5.74, 6) is 0.311. The zero-order valence-electron chi connectivity index (χ0n) is 17.0. The van der Waals surface area contributed by atoms with Gasteiger partial charge in [0.05, 0.1) is 35.7 Å². The molecule has 0 radical (unpaired) electrons. The van der Waals surface area contributed by atoms with Gasteiger partial charge in [-0.1, -0.05) is 29.3 Å². The number of sulfone groups is 1. The number of benzene rings is 2. The van der Waals surface area contributed by atoms with Crippen molar-refractivity contribution in [2.45, 2.75) is 17.2 Å². The highest BCUT2D eigenvalue weighted by Crippen LogP contribution is 2.31. The maximum atomic E-state index is 12.8. The first-order valence-electron chi connectivity index (χ1n) is 9.10. The molecule has 0 unspecified atom stereocenters. The van der Waals surface area contributed by atoms with Gasteiger partial charge < -0.3 is 14.8 Å². The monoisotopic (exact) mass is 515 g/mol. The number of urea groups is 1. The van der Waals surface area contributed by atoms with Crippen molar-refractivity contribution >= 4 is 55.5 Å². The van der Waals surface area contributed by atoms with Gasteiger partial charge in [-0.3, -0.25) is 5.32 Å². The van der Waals surface area contributed by atoms with Crippen molar-refractivity contribution < 1.29 is 22.7 Å². The zero-order valence-corrected chi connectivity index (χ0v) is 20.2. The number of nitrogens with zero attached hydrogens (tertiary/aromatic N) is 1. The highest BCUT2D eigenvalue weighted by Gasteiger charge is 2.22. The number of carbonyl (C=O) groups excluding carboxylic acids is 1. The minimum Gasteiger partial charge on any atom is -0.497 e. The fourth-order valence-electron chi connectivity index (χ4n) is 2.71. The number of aromatic nitrogens is 1. The van der Waals surface area contributed by atoms with Crippen molar-refractivity contribution in [3.63, 3.8) is 0 Å². The van der Waals surface area contributed by atoms with Crippen molar-refractivity contribution in [3.8, 4) is 11.5 Å². The molecule has 0 spiro atoms. The fraction of sp³-hybridized carbons (Fsp3) is 0.200. The molecule has 0 aliphatic carbocycles. The molecule has 8 nitrogen and oxygen atoms in total. The van der Waals surface area contributed by atoms with Gasteiger partial charge in [0.2, 0.25) is 0 Å². The van der Waals surface area contributed by atoms with Crippen LogP contribution >= 0.6 is 34.5 Å². The molecule has 0 saturated heterocycles. The minimum absolute atomic E-state index is 0.0303. The van der Waals surface area contributed by atoms with E-state index >= 15 is 0 Å². The van der Waals surface area contributed by atoms with E-state index in [9.17, 15) is 13.2 Å². The molecule has 2 aromatic carbocycles. The quantitative estimate of drug-likeness (QED) is 0.447. The molecule has 0 aliphatic rings. The summed E-state index contributed by atoms with van der Waals surface area (Å²) in [5.41, 5.74) is 1.07. The van der Waals surface area contributed by atoms with Gasteiger partial charge in [0, 0.05) is 18.0 Å². The number of hydrogen-bond donors (Lipinski definition) is 2. The number of rotatable bonds is 8. The second-order valence-electron chi connectivity index (χ2n) is 6.48. The van der Waals surface area contributed by atoms with E-state index in [1.807, 2.05) is 0 Å². The lowest BCUT2D eigenvalue weighted by Crippen LogP contribution is -2.28. The van der Waals surface area contributed by atoms with E-state index in [1.54, 1.807) is 29.6 Å². The summed E-state index contributed by atoms with van der Waals surface area (Å²) in [4.78, 5) is 16.4. The maximum absolute atomic E-state index is 12.8. The molecule has 2 N–H and O–H groups in total. The lowest BCUT2D eigenvalue weighted by Gasteiger charge is -2.10. The van der Waals surface area contributed by atoms with Crippen molar-refractivity contribution in [3.05, 3.63) is 63.1 Å². The second kappa shape index (κ2) is 10.4. The molecule has 3 aromatic rings. The van der Waals surface area contributed by atoms with Crippen molar-refractivity contribution in [2.24, 2.45) is 0 Å². The molecule has 1 aromatic heterocycles. The van der Waals surface area contributed by atoms with Crippen molar-refractivity contribution in [1.82, 2.24) is 10.3 Å². The summed E-state index contributed by atoms with van der Waals surface area (Å²) in [5, 5.41) is 7.92. The van der Waals surface area contributed by atoms with Crippen LogP contribution in [-0.2, 0) is 22.1 Å². The molecule has 0 atom stereocenters. The number of thiazole rings is 1. The fourth-order valence-corrected chi connectivity index (χ4v) is 5.26. The molecule has 1 heterocycles. The Morgan fingerprint density at radius 1 is 1.09 bits per heavy atom. The smallest absolute Gasteiger partial charge is 0.321 e. The van der Waals surface area contributed by atoms with E-state index in [0.717, 1.165) is 16.9 Å². The highest BCUT2D eigenvalue weighted by molar-refractivity contribution is 7.90. The van der Waals surface area contributed by atoms with E-state index in [-0.39, 0.29) is 28.1 Å². The number of hydrogen-bond acceptors (Lipinski definition) is 7. The van der Waals surface area contributed by atoms with Crippen LogP contribution in [0.1, 0.15) is 11.3 Å². The molecule has 2 amide bonds. The van der Waals surface area contributed by atoms with Crippen LogP contribution in [-0.4, -0.2) is 33.7 Å². The number of nitrogens with one attached hydrogen (secondary N) is 2. The number of halogens is 2. The van der Waals surface area contributed by atoms with Crippen LogP contribution in [0.15, 0.2) is 46.7 Å². The van der Waals surface area contributed by atoms with Gasteiger partial charge >= 0.3 is 6.03 Å². The number of ether oxygens (including phenoxy) is 2. The summed E-state index contributed by atoms with van der Waals surface area (Å²) in [7, 11) is -0.874. The first kappa shape index (κ1) is 24.1. The standard InChI is InChI=1S/C20H19Cl2N3O5S2/c1-29-14-4-6-18(17(8-14)30-2)32(27,28)11-13-10-31-20(24-13)25-19(26)23-9-12-3-5-15(21)16(22)7-12/h3-8,10H,9,11H2,1-2H3,(H2,23,24,25,26). The van der Waals surface area contributed by atoms with E-state index in [0.29, 0.717) is 21.5 Å². The third kappa shape index (κ3) is 6.04. The predicted molar refractivity (Wildman–Crippen MR) is 125 cm³/mol. The lowest BCUT2D eigenvalue weighted by molar-refractivity contribution is 0.251. The van der Waals surface area contributed by atoms with Crippen LogP contribution in [0.3, 0.4) is 0 Å². The predicted octanol–water partition coefficient (Wildman–Crippen LogP) is 4.76. The number of amides is 2. The van der Waals surface area contributed by atoms with Gasteiger partial charge in [-0.05, 0) is 29.8 Å². The second-order valence-corrected chi connectivity index (χ2v) is 10.1. The van der Waals surface area contributed by atoms with Gasteiger partial charge in [-0.25, -0.2) is 18.2 Å². The molecule has 0 saturated carbocycles. The van der Waals surface area contributed by atoms with Crippen LogP contribution in [0.2, 0.25) is 10.0 Å². The SMILES string of the molecule is COc1ccc(S(=O)(=O)Cc2csc(NC(=O)NCc3ccc(Cl)c(Cl)c3)n2)c(OC)c1. The third-order valence-electron chi connectivity index (χ3n) is 4.25. The Morgan fingerprint density at radius 2 is 1.88 bits per heavy atom. The van der Waals surface area contributed by atoms with Gasteiger partial charge in [-0.15, -0.1) is 11.3 Å². The Bertz CT molecular complexity index is 1230. The van der Waals surface area contributed by atoms with Crippen LogP contribution in [0.5, 0.6) is 11.5 Å². The molecule has 12 heteroatoms. The van der Waals surface area contributed by atoms with E-state index < -0.39 is 15.9 Å². The van der Waals surface area contributed by atoms with Gasteiger partial charge in [0.1, 0.15) is 16.4 Å². The Morgan fingerprint density at radius 3 is 2.56 bits per heavy atom. The van der Waals surface area contributed by atoms with E-state index in [1.165, 1.54) is 26.4 Å². The molecule has 32 heavy (non-hydrogen) atoms. The van der Waals surface area contributed by atoms with Gasteiger partial charge in [-0.2, -0.15) is 0 Å². The average molecular weight is 516 g/mol. The maximum Gasteiger partial charge on any atom is 0.321 e. The zero-order chi connectivity index (χ0) is 23.3. The summed E-state index contributed by atoms with van der Waals surface area (Å²) in [6.07, 6.45) is 0. The molecule has 0 bridgehead atoms. The Kier molecular flexibility index (Phi) is 7.83. The Labute approximate surface area is 199 Å². The molecule has 170 valence electrons. The summed E-state index contributed by atoms with van der Waals surface area (Å²) < 4.78 is 36.0. The molecular formula is C20H19Cl2N3O5S2. The molecule has 3 rings (SSSR count). The summed E-state index contributed by atoms with van der Waals surface area (Å²) in [6.45, 7) is 0.229. The van der Waals surface area contributed by atoms with Crippen molar-refractivity contribution in [2.75, 3.05) is 19.5 Å². The van der Waals surface area contributed by atoms with Gasteiger partial charge in [0.15, 0.2) is 15.0 Å². The Balaban J connectivity index is 1.62. The topological polar surface area (TPSA) is 107 Å². The van der Waals surface area contributed by atoms with Crippen molar-refractivity contribution in [1.29, 1.82) is 0 Å². The largest absolute Gasteiger partial charge is 0.497 e. The third-order valence-corrected chi connectivity index (χ3v) is 7.48. The van der Waals surface area contributed by atoms with Crippen LogP contribution in [0, 0.1) is 0 Å². The molecular weight excluding hydrogens is 497 g/mol. The molecule has 0 aliphatic heterocycles. The van der Waals surface area contributed by atoms with Gasteiger partial charge in [0.25, 0.3) is 0 Å². The highest BCUT2D eigenvalue weighted by atomic mass is 35.5. The van der Waals surface area contributed by atoms with Crippen LogP contribution in [0.25, 0.3) is 0 Å². The lowest BCUT2D eigenvalue weighted by atomic mass is 10.2. The summed E-state index contributed by atoms with van der Waals surface area (Å²) in [6, 6.07) is 9.02. The van der Waals surface area contributed by atoms with E-state index in [4.69, 9.17) is 32.7 Å². The Hall–Kier alpha value is -2.53. The minimum atomic E-state index is -3.74. The first-order valence-corrected chi connectivity index (χ1v) is 12.4. The summed E-state index contributed by atoms with van der Waals surface area (Å²) >= 11 is 13.0. The first-order chi connectivity index (χ1) is 15.2. The number of anilines is 1. The normalized spacial score (nSPS) is 11.1. The van der Waals surface area contributed by atoms with E-state index in [2.05, 4.69) is 15.6 Å². The average Bonchev–Trinajstić information content (AvgIpc) is 3.19.